The van der Waals surface area contributed by atoms with Crippen LogP contribution in [-0.4, -0.2) is 55.1 Å². The van der Waals surface area contributed by atoms with Gasteiger partial charge in [-0.1, -0.05) is 30.4 Å². The van der Waals surface area contributed by atoms with Crippen LogP contribution in [0.4, 0.5) is 11.8 Å². The van der Waals surface area contributed by atoms with E-state index in [4.69, 9.17) is 17.3 Å². The fourth-order valence-electron chi connectivity index (χ4n) is 3.41. The molecule has 3 rings (SSSR count). The number of nitrogen functional groups attached to an aromatic ring is 1. The second-order valence-electron chi connectivity index (χ2n) is 7.06. The Balaban J connectivity index is 1.96. The number of nitrogens with two attached hydrogens (primary N) is 1. The molecule has 1 fully saturated rings. The van der Waals surface area contributed by atoms with E-state index in [2.05, 4.69) is 32.1 Å². The van der Waals surface area contributed by atoms with Crippen LogP contribution in [-0.2, 0) is 6.42 Å². The smallest absolute Gasteiger partial charge is 0.223 e. The molecule has 0 spiro atoms. The first-order valence-electron chi connectivity index (χ1n) is 9.39. The van der Waals surface area contributed by atoms with Gasteiger partial charge >= 0.3 is 0 Å². The van der Waals surface area contributed by atoms with E-state index in [9.17, 15) is 15.3 Å². The highest BCUT2D eigenvalue weighted by Crippen LogP contribution is 2.30. The predicted molar refractivity (Wildman–Crippen MR) is 110 cm³/mol. The fourth-order valence-corrected chi connectivity index (χ4v) is 3.64. The Morgan fingerprint density at radius 2 is 1.97 bits per heavy atom. The Labute approximate surface area is 174 Å². The van der Waals surface area contributed by atoms with Gasteiger partial charge in [0.1, 0.15) is 17.5 Å². The number of nitrogens with zero attached hydrogens (tertiary/aromatic N) is 3. The van der Waals surface area contributed by atoms with Crippen molar-refractivity contribution in [2.75, 3.05) is 17.7 Å². The number of aliphatic hydroxyl groups is 3. The van der Waals surface area contributed by atoms with Crippen LogP contribution in [0.5, 0.6) is 0 Å². The van der Waals surface area contributed by atoms with Crippen molar-refractivity contribution in [1.82, 2.24) is 15.0 Å². The predicted octanol–water partition coefficient (Wildman–Crippen LogP) is 0.892. The van der Waals surface area contributed by atoms with Crippen molar-refractivity contribution < 1.29 is 15.3 Å². The summed E-state index contributed by atoms with van der Waals surface area (Å²) in [5.74, 6) is 5.84. The minimum Gasteiger partial charge on any atom is -0.396 e. The third-order valence-electron chi connectivity index (χ3n) is 5.01. The minimum absolute atomic E-state index is 0.0407. The topological polar surface area (TPSA) is 137 Å². The molecule has 0 saturated heterocycles. The van der Waals surface area contributed by atoms with E-state index < -0.39 is 24.2 Å². The number of hydrogen-bond acceptors (Lipinski definition) is 8. The average molecular weight is 418 g/mol. The van der Waals surface area contributed by atoms with Crippen LogP contribution in [0.3, 0.4) is 0 Å². The molecule has 154 valence electrons. The third kappa shape index (κ3) is 4.60. The lowest BCUT2D eigenvalue weighted by Crippen LogP contribution is -2.35. The molecule has 0 bridgehead atoms. The summed E-state index contributed by atoms with van der Waals surface area (Å²) in [6.07, 6.45) is -1.02. The summed E-state index contributed by atoms with van der Waals surface area (Å²) < 4.78 is 0. The molecule has 6 N–H and O–H groups in total. The molecule has 0 amide bonds. The number of halogens is 1. The molecule has 2 aromatic heterocycles. The summed E-state index contributed by atoms with van der Waals surface area (Å²) in [5.41, 5.74) is 8.62. The molecule has 1 aliphatic carbocycles. The molecule has 1 saturated carbocycles. The zero-order valence-electron chi connectivity index (χ0n) is 16.2. The van der Waals surface area contributed by atoms with Crippen LogP contribution in [0, 0.1) is 24.7 Å². The Bertz CT molecular complexity index is 959. The normalized spacial score (nSPS) is 23.5. The number of anilines is 2. The minimum atomic E-state index is -1.07. The highest BCUT2D eigenvalue weighted by atomic mass is 35.5. The number of pyridine rings is 1. The molecular formula is C20H24ClN5O3. The van der Waals surface area contributed by atoms with Crippen molar-refractivity contribution in [2.45, 2.75) is 44.9 Å². The second kappa shape index (κ2) is 8.93. The first kappa shape index (κ1) is 21.3. The highest BCUT2D eigenvalue weighted by molar-refractivity contribution is 6.31. The monoisotopic (exact) mass is 417 g/mol. The number of rotatable bonds is 4. The molecule has 2 heterocycles. The summed E-state index contributed by atoms with van der Waals surface area (Å²) in [5, 5.41) is 32.8. The standard InChI is InChI=1S/C20H24ClN5O3/c1-3-14-11(5-4-10(2)23-14)6-7-13-18(21)25-20(22)26-19(13)24-15-8-12(9-27)16(28)17(15)29/h4-5,12,15-17,27-29H,3,8-9H2,1-2H3,(H3,22,24,25,26)/t12-,15-,16-,17+/m1/s1. The van der Waals surface area contributed by atoms with Gasteiger partial charge in [0.2, 0.25) is 5.95 Å². The van der Waals surface area contributed by atoms with Gasteiger partial charge in [-0.15, -0.1) is 0 Å². The Morgan fingerprint density at radius 1 is 1.21 bits per heavy atom. The number of aliphatic hydroxyl groups excluding tert-OH is 3. The molecule has 8 nitrogen and oxygen atoms in total. The van der Waals surface area contributed by atoms with E-state index in [0.29, 0.717) is 12.0 Å². The van der Waals surface area contributed by atoms with Gasteiger partial charge in [0, 0.05) is 23.8 Å². The van der Waals surface area contributed by atoms with Gasteiger partial charge in [0.25, 0.3) is 0 Å². The van der Waals surface area contributed by atoms with Crippen LogP contribution in [0.1, 0.15) is 35.9 Å². The van der Waals surface area contributed by atoms with Gasteiger partial charge < -0.3 is 26.4 Å². The lowest BCUT2D eigenvalue weighted by molar-refractivity contribution is 0.00445. The average Bonchev–Trinajstić information content (AvgIpc) is 2.95. The van der Waals surface area contributed by atoms with Gasteiger partial charge in [0.05, 0.1) is 17.8 Å². The third-order valence-corrected chi connectivity index (χ3v) is 5.28. The Hall–Kier alpha value is -2.44. The van der Waals surface area contributed by atoms with E-state index in [1.165, 1.54) is 0 Å². The van der Waals surface area contributed by atoms with Crippen LogP contribution in [0.2, 0.25) is 5.15 Å². The maximum atomic E-state index is 10.3. The van der Waals surface area contributed by atoms with E-state index in [-0.39, 0.29) is 23.5 Å². The van der Waals surface area contributed by atoms with Crippen molar-refractivity contribution in [3.8, 4) is 11.8 Å². The number of aryl methyl sites for hydroxylation is 2. The second-order valence-corrected chi connectivity index (χ2v) is 7.42. The first-order valence-corrected chi connectivity index (χ1v) is 9.76. The molecular weight excluding hydrogens is 394 g/mol. The molecule has 0 aromatic carbocycles. The van der Waals surface area contributed by atoms with Crippen LogP contribution < -0.4 is 11.1 Å². The van der Waals surface area contributed by atoms with Crippen LogP contribution in [0.25, 0.3) is 0 Å². The largest absolute Gasteiger partial charge is 0.396 e. The summed E-state index contributed by atoms with van der Waals surface area (Å²) in [7, 11) is 0. The highest BCUT2D eigenvalue weighted by Gasteiger charge is 2.41. The van der Waals surface area contributed by atoms with Crippen molar-refractivity contribution in [1.29, 1.82) is 0 Å². The molecule has 0 unspecified atom stereocenters. The zero-order valence-corrected chi connectivity index (χ0v) is 17.0. The maximum Gasteiger partial charge on any atom is 0.223 e. The molecule has 2 aromatic rings. The molecule has 0 radical (unpaired) electrons. The van der Waals surface area contributed by atoms with Gasteiger partial charge in [-0.05, 0) is 31.9 Å². The Morgan fingerprint density at radius 3 is 2.62 bits per heavy atom. The number of nitrogens with one attached hydrogen (secondary N) is 1. The lowest BCUT2D eigenvalue weighted by Gasteiger charge is -2.19. The number of hydrogen-bond donors (Lipinski definition) is 5. The van der Waals surface area contributed by atoms with Crippen molar-refractivity contribution in [3.05, 3.63) is 39.8 Å². The van der Waals surface area contributed by atoms with Gasteiger partial charge in [-0.25, -0.2) is 0 Å². The summed E-state index contributed by atoms with van der Waals surface area (Å²) in [4.78, 5) is 12.6. The summed E-state index contributed by atoms with van der Waals surface area (Å²) in [6.45, 7) is 3.70. The SMILES string of the molecule is CCc1nc(C)ccc1C#Cc1c(Cl)nc(N)nc1N[C@@H]1C[C@H](CO)[C@@H](O)[C@H]1O. The number of aromatic nitrogens is 3. The van der Waals surface area contributed by atoms with E-state index in [1.807, 2.05) is 26.0 Å². The molecule has 29 heavy (non-hydrogen) atoms. The molecule has 4 atom stereocenters. The Kier molecular flexibility index (Phi) is 6.55. The quantitative estimate of drug-likeness (QED) is 0.365. The lowest BCUT2D eigenvalue weighted by atomic mass is 10.1. The first-order chi connectivity index (χ1) is 13.8. The van der Waals surface area contributed by atoms with E-state index in [0.717, 1.165) is 23.4 Å². The summed E-state index contributed by atoms with van der Waals surface area (Å²) >= 11 is 6.27. The summed E-state index contributed by atoms with van der Waals surface area (Å²) in [6, 6.07) is 3.24. The van der Waals surface area contributed by atoms with Crippen molar-refractivity contribution in [3.63, 3.8) is 0 Å². The van der Waals surface area contributed by atoms with Gasteiger partial charge in [0.15, 0.2) is 5.15 Å². The van der Waals surface area contributed by atoms with Crippen LogP contribution >= 0.6 is 11.6 Å². The van der Waals surface area contributed by atoms with E-state index in [1.54, 1.807) is 0 Å². The molecule has 9 heteroatoms. The fraction of sp³-hybridized carbons (Fsp3) is 0.450. The van der Waals surface area contributed by atoms with Gasteiger partial charge in [-0.2, -0.15) is 9.97 Å². The molecule has 1 aliphatic rings. The van der Waals surface area contributed by atoms with Crippen LogP contribution in [0.15, 0.2) is 12.1 Å². The van der Waals surface area contributed by atoms with E-state index >= 15 is 0 Å². The van der Waals surface area contributed by atoms with Crippen molar-refractivity contribution >= 4 is 23.4 Å². The zero-order chi connectivity index (χ0) is 21.1. The van der Waals surface area contributed by atoms with Crippen molar-refractivity contribution in [2.24, 2.45) is 5.92 Å². The van der Waals surface area contributed by atoms with Gasteiger partial charge in [-0.3, -0.25) is 4.98 Å². The maximum absolute atomic E-state index is 10.3. The molecule has 0 aliphatic heterocycles.